The van der Waals surface area contributed by atoms with Gasteiger partial charge in [-0.25, -0.2) is 0 Å². The fourth-order valence-corrected chi connectivity index (χ4v) is 3.49. The Labute approximate surface area is 113 Å². The van der Waals surface area contributed by atoms with Gasteiger partial charge in [0, 0.05) is 20.1 Å². The molecule has 3 nitrogen and oxygen atoms in total. The first kappa shape index (κ1) is 13.4. The van der Waals surface area contributed by atoms with Crippen molar-refractivity contribution >= 4 is 17.7 Å². The third-order valence-electron chi connectivity index (χ3n) is 3.29. The van der Waals surface area contributed by atoms with Crippen molar-refractivity contribution in [3.8, 4) is 0 Å². The third-order valence-corrected chi connectivity index (χ3v) is 4.52. The number of thioether (sulfide) groups is 1. The topological polar surface area (TPSA) is 32.3 Å². The Balaban J connectivity index is 2.12. The highest BCUT2D eigenvalue weighted by Gasteiger charge is 2.28. The van der Waals surface area contributed by atoms with E-state index in [1.165, 1.54) is 11.1 Å². The lowest BCUT2D eigenvalue weighted by Gasteiger charge is -2.28. The lowest BCUT2D eigenvalue weighted by molar-refractivity contribution is -0.129. The monoisotopic (exact) mass is 264 g/mol. The molecule has 1 aromatic rings. The van der Waals surface area contributed by atoms with Gasteiger partial charge in [0.05, 0.1) is 0 Å². The average molecular weight is 264 g/mol. The zero-order valence-corrected chi connectivity index (χ0v) is 11.8. The molecule has 1 N–H and O–H groups in total. The number of hydrogen-bond donors (Lipinski definition) is 1. The smallest absolute Gasteiger partial charge is 0.239 e. The van der Waals surface area contributed by atoms with E-state index in [0.717, 1.165) is 25.3 Å². The number of amides is 1. The second kappa shape index (κ2) is 6.25. The van der Waals surface area contributed by atoms with Crippen molar-refractivity contribution in [3.05, 3.63) is 35.4 Å². The van der Waals surface area contributed by atoms with Crippen LogP contribution in [-0.4, -0.2) is 43.7 Å². The van der Waals surface area contributed by atoms with Gasteiger partial charge in [-0.05, 0) is 30.3 Å². The van der Waals surface area contributed by atoms with Crippen LogP contribution in [0.2, 0.25) is 0 Å². The number of carbonyl (C=O) groups is 1. The van der Waals surface area contributed by atoms with Crippen molar-refractivity contribution in [2.45, 2.75) is 11.7 Å². The molecule has 0 aromatic heterocycles. The molecule has 1 heterocycles. The number of likely N-dealkylation sites (N-methyl/N-ethyl adjacent to an activating group) is 2. The fraction of sp³-hybridized carbons (Fsp3) is 0.500. The number of rotatable bonds is 4. The van der Waals surface area contributed by atoms with Gasteiger partial charge in [0.25, 0.3) is 0 Å². The molecule has 0 aliphatic carbocycles. The maximum atomic E-state index is 12.4. The van der Waals surface area contributed by atoms with Crippen LogP contribution < -0.4 is 5.32 Å². The Hall–Kier alpha value is -1.00. The summed E-state index contributed by atoms with van der Waals surface area (Å²) >= 11 is 1.76. The first-order chi connectivity index (χ1) is 8.74. The minimum atomic E-state index is -0.0168. The molecule has 0 fully saturated rings. The second-order valence-electron chi connectivity index (χ2n) is 4.56. The van der Waals surface area contributed by atoms with Gasteiger partial charge in [0.15, 0.2) is 0 Å². The maximum Gasteiger partial charge on any atom is 0.239 e. The van der Waals surface area contributed by atoms with Crippen LogP contribution in [0, 0.1) is 0 Å². The highest BCUT2D eigenvalue weighted by atomic mass is 32.2. The first-order valence-corrected chi connectivity index (χ1v) is 7.38. The lowest BCUT2D eigenvalue weighted by atomic mass is 10.0. The number of benzene rings is 1. The van der Waals surface area contributed by atoms with E-state index in [1.807, 2.05) is 25.1 Å². The molecule has 0 saturated heterocycles. The summed E-state index contributed by atoms with van der Waals surface area (Å²) in [5.74, 6) is 1.26. The van der Waals surface area contributed by atoms with Gasteiger partial charge in [0.2, 0.25) is 5.91 Å². The summed E-state index contributed by atoms with van der Waals surface area (Å²) in [6.07, 6.45) is 1.07. The molecule has 1 aliphatic heterocycles. The molecule has 18 heavy (non-hydrogen) atoms. The van der Waals surface area contributed by atoms with Crippen molar-refractivity contribution in [2.24, 2.45) is 0 Å². The van der Waals surface area contributed by atoms with E-state index in [0.29, 0.717) is 0 Å². The third kappa shape index (κ3) is 2.87. The number of nitrogens with zero attached hydrogens (tertiary/aromatic N) is 1. The molecule has 2 rings (SSSR count). The van der Waals surface area contributed by atoms with Gasteiger partial charge < -0.3 is 10.2 Å². The Bertz CT molecular complexity index is 422. The van der Waals surface area contributed by atoms with E-state index >= 15 is 0 Å². The predicted molar refractivity (Wildman–Crippen MR) is 76.9 cm³/mol. The Morgan fingerprint density at radius 2 is 2.28 bits per heavy atom. The molecule has 98 valence electrons. The van der Waals surface area contributed by atoms with Gasteiger partial charge in [-0.15, -0.1) is 11.8 Å². The molecule has 1 unspecified atom stereocenters. The normalized spacial score (nSPS) is 18.2. The molecule has 0 bridgehead atoms. The zero-order chi connectivity index (χ0) is 13.0. The summed E-state index contributed by atoms with van der Waals surface area (Å²) < 4.78 is 0. The van der Waals surface area contributed by atoms with Crippen molar-refractivity contribution in [2.75, 3.05) is 32.9 Å². The molecule has 1 amide bonds. The van der Waals surface area contributed by atoms with Crippen LogP contribution in [0.3, 0.4) is 0 Å². The van der Waals surface area contributed by atoms with Gasteiger partial charge >= 0.3 is 0 Å². The number of carbonyl (C=O) groups excluding carboxylic acids is 1. The molecule has 0 spiro atoms. The van der Waals surface area contributed by atoms with Crippen LogP contribution in [0.25, 0.3) is 0 Å². The number of aryl methyl sites for hydroxylation is 1. The Kier molecular flexibility index (Phi) is 4.66. The standard InChI is InChI=1S/C14H20N2OS/c1-15-8-9-16(2)14(17)13-12-6-4-3-5-11(12)7-10-18-13/h3-6,13,15H,7-10H2,1-2H3. The molecule has 0 saturated carbocycles. The van der Waals surface area contributed by atoms with Crippen LogP contribution in [0.1, 0.15) is 16.4 Å². The largest absolute Gasteiger partial charge is 0.343 e. The van der Waals surface area contributed by atoms with E-state index in [2.05, 4.69) is 23.5 Å². The van der Waals surface area contributed by atoms with Crippen molar-refractivity contribution < 1.29 is 4.79 Å². The average Bonchev–Trinajstić information content (AvgIpc) is 2.43. The van der Waals surface area contributed by atoms with Crippen LogP contribution in [0.5, 0.6) is 0 Å². The number of nitrogens with one attached hydrogen (secondary N) is 1. The molecule has 1 atom stereocenters. The van der Waals surface area contributed by atoms with Crippen LogP contribution in [0.15, 0.2) is 24.3 Å². The maximum absolute atomic E-state index is 12.4. The highest BCUT2D eigenvalue weighted by Crippen LogP contribution is 2.37. The molecule has 0 radical (unpaired) electrons. The number of hydrogen-bond acceptors (Lipinski definition) is 3. The molecule has 1 aromatic carbocycles. The quantitative estimate of drug-likeness (QED) is 0.898. The second-order valence-corrected chi connectivity index (χ2v) is 5.78. The summed E-state index contributed by atoms with van der Waals surface area (Å²) in [7, 11) is 3.79. The molecule has 1 aliphatic rings. The van der Waals surface area contributed by atoms with E-state index in [1.54, 1.807) is 11.8 Å². The van der Waals surface area contributed by atoms with E-state index in [9.17, 15) is 4.79 Å². The minimum Gasteiger partial charge on any atom is -0.343 e. The van der Waals surface area contributed by atoms with Gasteiger partial charge in [-0.3, -0.25) is 4.79 Å². The van der Waals surface area contributed by atoms with Gasteiger partial charge in [0.1, 0.15) is 5.25 Å². The number of fused-ring (bicyclic) bond motifs is 1. The molecule has 4 heteroatoms. The van der Waals surface area contributed by atoms with Gasteiger partial charge in [-0.1, -0.05) is 24.3 Å². The van der Waals surface area contributed by atoms with E-state index in [4.69, 9.17) is 0 Å². The summed E-state index contributed by atoms with van der Waals surface area (Å²) in [6, 6.07) is 8.32. The Morgan fingerprint density at radius 1 is 1.50 bits per heavy atom. The SMILES string of the molecule is CNCCN(C)C(=O)C1SCCc2ccccc21. The lowest BCUT2D eigenvalue weighted by Crippen LogP contribution is -2.36. The van der Waals surface area contributed by atoms with Crippen molar-refractivity contribution in [3.63, 3.8) is 0 Å². The predicted octanol–water partition coefficient (Wildman–Crippen LogP) is 1.69. The van der Waals surface area contributed by atoms with E-state index < -0.39 is 0 Å². The van der Waals surface area contributed by atoms with E-state index in [-0.39, 0.29) is 11.2 Å². The van der Waals surface area contributed by atoms with Crippen LogP contribution in [0.4, 0.5) is 0 Å². The molecular formula is C14H20N2OS. The van der Waals surface area contributed by atoms with Crippen LogP contribution in [-0.2, 0) is 11.2 Å². The van der Waals surface area contributed by atoms with Crippen molar-refractivity contribution in [1.82, 2.24) is 10.2 Å². The fourth-order valence-electron chi connectivity index (χ4n) is 2.19. The van der Waals surface area contributed by atoms with Gasteiger partial charge in [-0.2, -0.15) is 0 Å². The summed E-state index contributed by atoms with van der Waals surface area (Å²) in [5.41, 5.74) is 2.53. The Morgan fingerprint density at radius 3 is 3.06 bits per heavy atom. The first-order valence-electron chi connectivity index (χ1n) is 6.33. The summed E-state index contributed by atoms with van der Waals surface area (Å²) in [6.45, 7) is 1.59. The minimum absolute atomic E-state index is 0.0168. The summed E-state index contributed by atoms with van der Waals surface area (Å²) in [4.78, 5) is 14.3. The summed E-state index contributed by atoms with van der Waals surface area (Å²) in [5, 5.41) is 3.06. The van der Waals surface area contributed by atoms with Crippen LogP contribution >= 0.6 is 11.8 Å². The molecular weight excluding hydrogens is 244 g/mol. The van der Waals surface area contributed by atoms with Crippen molar-refractivity contribution in [1.29, 1.82) is 0 Å². The highest BCUT2D eigenvalue weighted by molar-refractivity contribution is 8.00. The zero-order valence-electron chi connectivity index (χ0n) is 11.0.